The summed E-state index contributed by atoms with van der Waals surface area (Å²) in [6, 6.07) is 2.06. The predicted molar refractivity (Wildman–Crippen MR) is 78.7 cm³/mol. The molecule has 0 saturated carbocycles. The molecule has 0 aliphatic heterocycles. The van der Waals surface area contributed by atoms with Gasteiger partial charge in [0.15, 0.2) is 0 Å². The highest BCUT2D eigenvalue weighted by molar-refractivity contribution is 9.11. The van der Waals surface area contributed by atoms with Crippen LogP contribution < -0.4 is 5.73 Å². The van der Waals surface area contributed by atoms with E-state index >= 15 is 0 Å². The van der Waals surface area contributed by atoms with Crippen LogP contribution in [0.15, 0.2) is 9.85 Å². The minimum atomic E-state index is -0.184. The van der Waals surface area contributed by atoms with E-state index in [4.69, 9.17) is 10.5 Å². The van der Waals surface area contributed by atoms with Gasteiger partial charge in [-0.25, -0.2) is 0 Å². The number of esters is 1. The molecule has 0 radical (unpaired) electrons. The lowest BCUT2D eigenvalue weighted by atomic mass is 9.82. The van der Waals surface area contributed by atoms with Gasteiger partial charge in [-0.3, -0.25) is 4.79 Å². The number of methoxy groups -OCH3 is 1. The van der Waals surface area contributed by atoms with Crippen molar-refractivity contribution in [3.63, 3.8) is 0 Å². The van der Waals surface area contributed by atoms with Crippen molar-refractivity contribution >= 4 is 33.2 Å². The van der Waals surface area contributed by atoms with Crippen LogP contribution in [0, 0.1) is 12.3 Å². The number of hydrogen-bond acceptors (Lipinski definition) is 4. The Bertz CT molecular complexity index is 409. The standard InChI is InChI=1S/C13H20BrNO2S/c1-8-5-10(18-12(8)14)9(15)6-13(2,3)7-11(16)17-4/h5,9H,6-7,15H2,1-4H3. The number of aryl methyl sites for hydroxylation is 1. The molecular formula is C13H20BrNO2S. The Morgan fingerprint density at radius 2 is 2.22 bits per heavy atom. The average molecular weight is 334 g/mol. The number of nitrogens with two attached hydrogens (primary N) is 1. The van der Waals surface area contributed by atoms with E-state index < -0.39 is 0 Å². The molecule has 1 heterocycles. The van der Waals surface area contributed by atoms with Crippen molar-refractivity contribution in [2.75, 3.05) is 7.11 Å². The molecule has 0 saturated heterocycles. The molecule has 0 aliphatic rings. The zero-order valence-electron chi connectivity index (χ0n) is 11.2. The summed E-state index contributed by atoms with van der Waals surface area (Å²) < 4.78 is 5.84. The van der Waals surface area contributed by atoms with Crippen molar-refractivity contribution in [3.8, 4) is 0 Å². The molecule has 18 heavy (non-hydrogen) atoms. The molecule has 1 aromatic heterocycles. The van der Waals surface area contributed by atoms with Gasteiger partial charge in [-0.15, -0.1) is 11.3 Å². The zero-order valence-corrected chi connectivity index (χ0v) is 13.7. The maximum Gasteiger partial charge on any atom is 0.306 e. The highest BCUT2D eigenvalue weighted by atomic mass is 79.9. The second kappa shape index (κ2) is 6.17. The van der Waals surface area contributed by atoms with Crippen LogP contribution in [0.2, 0.25) is 0 Å². The largest absolute Gasteiger partial charge is 0.469 e. The van der Waals surface area contributed by atoms with E-state index in [0.29, 0.717) is 6.42 Å². The first-order valence-corrected chi connectivity index (χ1v) is 7.44. The van der Waals surface area contributed by atoms with Gasteiger partial charge in [-0.2, -0.15) is 0 Å². The predicted octanol–water partition coefficient (Wildman–Crippen LogP) is 3.80. The lowest BCUT2D eigenvalue weighted by Gasteiger charge is -2.26. The van der Waals surface area contributed by atoms with Gasteiger partial charge in [0, 0.05) is 10.9 Å². The molecule has 0 bridgehead atoms. The molecule has 1 rings (SSSR count). The summed E-state index contributed by atoms with van der Waals surface area (Å²) in [6.45, 7) is 6.13. The topological polar surface area (TPSA) is 52.3 Å². The van der Waals surface area contributed by atoms with Gasteiger partial charge in [0.1, 0.15) is 0 Å². The van der Waals surface area contributed by atoms with Crippen LogP contribution in [-0.4, -0.2) is 13.1 Å². The monoisotopic (exact) mass is 333 g/mol. The molecule has 0 spiro atoms. The first-order chi connectivity index (χ1) is 8.25. The van der Waals surface area contributed by atoms with Crippen molar-refractivity contribution in [3.05, 3.63) is 20.3 Å². The van der Waals surface area contributed by atoms with E-state index in [1.807, 2.05) is 13.8 Å². The van der Waals surface area contributed by atoms with Crippen LogP contribution in [0.1, 0.15) is 43.2 Å². The number of hydrogen-bond donors (Lipinski definition) is 1. The van der Waals surface area contributed by atoms with E-state index in [1.165, 1.54) is 12.7 Å². The number of ether oxygens (including phenoxy) is 1. The molecule has 0 amide bonds. The summed E-state index contributed by atoms with van der Waals surface area (Å²) in [6.07, 6.45) is 1.15. The van der Waals surface area contributed by atoms with E-state index in [0.717, 1.165) is 15.1 Å². The fraction of sp³-hybridized carbons (Fsp3) is 0.615. The summed E-state index contributed by atoms with van der Waals surface area (Å²) in [5, 5.41) is 0. The normalized spacial score (nSPS) is 13.4. The molecule has 0 aliphatic carbocycles. The Labute approximate surface area is 121 Å². The van der Waals surface area contributed by atoms with Crippen LogP contribution >= 0.6 is 27.3 Å². The molecule has 5 heteroatoms. The Morgan fingerprint density at radius 1 is 1.61 bits per heavy atom. The number of halogens is 1. The highest BCUT2D eigenvalue weighted by Crippen LogP contribution is 2.37. The molecule has 0 aromatic carbocycles. The van der Waals surface area contributed by atoms with Crippen molar-refractivity contribution in [1.29, 1.82) is 0 Å². The summed E-state index contributed by atoms with van der Waals surface area (Å²) in [5.41, 5.74) is 7.27. The summed E-state index contributed by atoms with van der Waals surface area (Å²) in [7, 11) is 1.41. The molecular weight excluding hydrogens is 314 g/mol. The summed E-state index contributed by atoms with van der Waals surface area (Å²) >= 11 is 5.17. The second-order valence-electron chi connectivity index (χ2n) is 5.33. The minimum absolute atomic E-state index is 0.0420. The third kappa shape index (κ3) is 4.37. The maximum absolute atomic E-state index is 11.3. The Hall–Kier alpha value is -0.390. The highest BCUT2D eigenvalue weighted by Gasteiger charge is 2.26. The van der Waals surface area contributed by atoms with E-state index in [1.54, 1.807) is 11.3 Å². The van der Waals surface area contributed by atoms with E-state index in [2.05, 4.69) is 28.9 Å². The number of rotatable bonds is 5. The third-order valence-corrected chi connectivity index (χ3v) is 5.13. The fourth-order valence-corrected chi connectivity index (χ4v) is 3.47. The van der Waals surface area contributed by atoms with Gasteiger partial charge in [0.05, 0.1) is 17.3 Å². The average Bonchev–Trinajstić information content (AvgIpc) is 2.58. The van der Waals surface area contributed by atoms with Crippen LogP contribution in [0.5, 0.6) is 0 Å². The molecule has 1 aromatic rings. The van der Waals surface area contributed by atoms with Gasteiger partial charge in [-0.05, 0) is 46.3 Å². The molecule has 3 nitrogen and oxygen atoms in total. The Kier molecular flexibility index (Phi) is 5.37. The van der Waals surface area contributed by atoms with Crippen LogP contribution in [0.25, 0.3) is 0 Å². The molecule has 2 N–H and O–H groups in total. The fourth-order valence-electron chi connectivity index (χ4n) is 1.90. The first-order valence-electron chi connectivity index (χ1n) is 5.83. The smallest absolute Gasteiger partial charge is 0.306 e. The minimum Gasteiger partial charge on any atom is -0.469 e. The van der Waals surface area contributed by atoms with Gasteiger partial charge >= 0.3 is 5.97 Å². The van der Waals surface area contributed by atoms with Gasteiger partial charge < -0.3 is 10.5 Å². The second-order valence-corrected chi connectivity index (χ2v) is 7.73. The molecule has 1 atom stereocenters. The lowest BCUT2D eigenvalue weighted by molar-refractivity contribution is -0.143. The number of carbonyl (C=O) groups is 1. The third-order valence-electron chi connectivity index (χ3n) is 2.86. The van der Waals surface area contributed by atoms with Crippen molar-refractivity contribution < 1.29 is 9.53 Å². The quantitative estimate of drug-likeness (QED) is 0.834. The van der Waals surface area contributed by atoms with Gasteiger partial charge in [-0.1, -0.05) is 13.8 Å². The molecule has 1 unspecified atom stereocenters. The SMILES string of the molecule is COC(=O)CC(C)(C)CC(N)c1cc(C)c(Br)s1. The van der Waals surface area contributed by atoms with Crippen molar-refractivity contribution in [1.82, 2.24) is 0 Å². The maximum atomic E-state index is 11.3. The Balaban J connectivity index is 2.68. The zero-order chi connectivity index (χ0) is 13.9. The van der Waals surface area contributed by atoms with Crippen molar-refractivity contribution in [2.45, 2.75) is 39.7 Å². The van der Waals surface area contributed by atoms with Crippen LogP contribution in [0.3, 0.4) is 0 Å². The molecule has 102 valence electrons. The summed E-state index contributed by atoms with van der Waals surface area (Å²) in [5.74, 6) is -0.184. The van der Waals surface area contributed by atoms with Crippen molar-refractivity contribution in [2.24, 2.45) is 11.1 Å². The van der Waals surface area contributed by atoms with Crippen LogP contribution in [0.4, 0.5) is 0 Å². The summed E-state index contributed by atoms with van der Waals surface area (Å²) in [4.78, 5) is 12.5. The lowest BCUT2D eigenvalue weighted by Crippen LogP contribution is -2.24. The van der Waals surface area contributed by atoms with Gasteiger partial charge in [0.2, 0.25) is 0 Å². The van der Waals surface area contributed by atoms with Gasteiger partial charge in [0.25, 0.3) is 0 Å². The number of carbonyl (C=O) groups excluding carboxylic acids is 1. The van der Waals surface area contributed by atoms with E-state index in [-0.39, 0.29) is 17.4 Å². The Morgan fingerprint density at radius 3 is 2.67 bits per heavy atom. The molecule has 0 fully saturated rings. The van der Waals surface area contributed by atoms with E-state index in [9.17, 15) is 4.79 Å². The van der Waals surface area contributed by atoms with Crippen LogP contribution in [-0.2, 0) is 9.53 Å². The first kappa shape index (κ1) is 15.7. The number of thiophene rings is 1.